The zero-order chi connectivity index (χ0) is 14.7. The van der Waals surface area contributed by atoms with Gasteiger partial charge in [-0.2, -0.15) is 0 Å². The number of nitrogens with zero attached hydrogens (tertiary/aromatic N) is 3. The molecule has 6 nitrogen and oxygen atoms in total. The van der Waals surface area contributed by atoms with Crippen molar-refractivity contribution in [3.63, 3.8) is 0 Å². The van der Waals surface area contributed by atoms with E-state index in [2.05, 4.69) is 10.3 Å². The molecule has 0 bridgehead atoms. The fourth-order valence-electron chi connectivity index (χ4n) is 2.01. The van der Waals surface area contributed by atoms with Crippen molar-refractivity contribution in [1.29, 1.82) is 0 Å². The molecule has 0 saturated heterocycles. The monoisotopic (exact) mass is 283 g/mol. The van der Waals surface area contributed by atoms with Crippen LogP contribution in [0.4, 0.5) is 0 Å². The van der Waals surface area contributed by atoms with E-state index >= 15 is 0 Å². The summed E-state index contributed by atoms with van der Waals surface area (Å²) >= 11 is 0. The molecule has 0 radical (unpaired) electrons. The Morgan fingerprint density at radius 1 is 1.24 bits per heavy atom. The summed E-state index contributed by atoms with van der Waals surface area (Å²) in [6.07, 6.45) is 0.744. The summed E-state index contributed by atoms with van der Waals surface area (Å²) in [4.78, 5) is 11.0. The van der Waals surface area contributed by atoms with Gasteiger partial charge in [0.25, 0.3) is 0 Å². The molecule has 0 aliphatic carbocycles. The molecule has 0 saturated carbocycles. The van der Waals surface area contributed by atoms with Crippen LogP contribution in [0.15, 0.2) is 42.5 Å². The Balaban J connectivity index is 1.86. The summed E-state index contributed by atoms with van der Waals surface area (Å²) in [5.74, 6) is 1.07. The zero-order valence-electron chi connectivity index (χ0n) is 11.4. The summed E-state index contributed by atoms with van der Waals surface area (Å²) in [5, 5.41) is 8.08. The Labute approximate surface area is 120 Å². The maximum atomic E-state index is 11.0. The molecular weight excluding hydrogens is 270 g/mol. The maximum Gasteiger partial charge on any atom is 0.183 e. The first-order valence-electron chi connectivity index (χ1n) is 6.36. The third kappa shape index (κ3) is 2.55. The molecule has 6 heteroatoms. The lowest BCUT2D eigenvalue weighted by Gasteiger charge is -2.10. The second kappa shape index (κ2) is 5.62. The Morgan fingerprint density at radius 2 is 2.10 bits per heavy atom. The van der Waals surface area contributed by atoms with Gasteiger partial charge in [-0.1, -0.05) is 17.3 Å². The topological polar surface area (TPSA) is 66.2 Å². The van der Waals surface area contributed by atoms with Crippen LogP contribution in [0.25, 0.3) is 11.0 Å². The van der Waals surface area contributed by atoms with Crippen LogP contribution in [0, 0.1) is 0 Å². The molecule has 0 aliphatic heterocycles. The van der Waals surface area contributed by atoms with Crippen LogP contribution in [-0.4, -0.2) is 28.4 Å². The van der Waals surface area contributed by atoms with Gasteiger partial charge < -0.3 is 9.47 Å². The first-order chi connectivity index (χ1) is 10.3. The van der Waals surface area contributed by atoms with Crippen LogP contribution >= 0.6 is 0 Å². The maximum absolute atomic E-state index is 11.0. The van der Waals surface area contributed by atoms with E-state index in [9.17, 15) is 4.79 Å². The molecule has 1 heterocycles. The predicted octanol–water partition coefficient (Wildman–Crippen LogP) is 2.29. The van der Waals surface area contributed by atoms with Crippen molar-refractivity contribution in [3.05, 3.63) is 48.0 Å². The smallest absolute Gasteiger partial charge is 0.183 e. The second-order valence-corrected chi connectivity index (χ2v) is 4.37. The third-order valence-corrected chi connectivity index (χ3v) is 3.11. The van der Waals surface area contributed by atoms with E-state index in [1.165, 1.54) is 0 Å². The van der Waals surface area contributed by atoms with Gasteiger partial charge in [-0.3, -0.25) is 4.79 Å². The van der Waals surface area contributed by atoms with Crippen LogP contribution < -0.4 is 9.47 Å². The van der Waals surface area contributed by atoms with Crippen molar-refractivity contribution < 1.29 is 14.3 Å². The molecule has 21 heavy (non-hydrogen) atoms. The van der Waals surface area contributed by atoms with Gasteiger partial charge in [0.15, 0.2) is 13.0 Å². The second-order valence-electron chi connectivity index (χ2n) is 4.37. The van der Waals surface area contributed by atoms with Crippen molar-refractivity contribution in [2.75, 3.05) is 7.11 Å². The number of rotatable bonds is 5. The van der Waals surface area contributed by atoms with E-state index in [1.807, 2.05) is 24.3 Å². The quantitative estimate of drug-likeness (QED) is 0.672. The number of carbonyl (C=O) groups is 1. The van der Waals surface area contributed by atoms with Gasteiger partial charge in [0.2, 0.25) is 0 Å². The fourth-order valence-corrected chi connectivity index (χ4v) is 2.01. The first-order valence-corrected chi connectivity index (χ1v) is 6.36. The molecular formula is C15H13N3O3. The number of carbonyl (C=O) groups excluding carboxylic acids is 1. The van der Waals surface area contributed by atoms with Crippen LogP contribution in [0.3, 0.4) is 0 Å². The van der Waals surface area contributed by atoms with Gasteiger partial charge in [-0.25, -0.2) is 4.68 Å². The SMILES string of the molecule is COc1ccc(C=O)c(OCn2nnc3ccccc32)c1. The summed E-state index contributed by atoms with van der Waals surface area (Å²) in [6, 6.07) is 12.6. The van der Waals surface area contributed by atoms with Gasteiger partial charge >= 0.3 is 0 Å². The Hall–Kier alpha value is -2.89. The summed E-state index contributed by atoms with van der Waals surface area (Å²) in [7, 11) is 1.56. The molecule has 0 unspecified atom stereocenters. The van der Waals surface area contributed by atoms with Crippen LogP contribution in [-0.2, 0) is 6.73 Å². The number of hydrogen-bond donors (Lipinski definition) is 0. The van der Waals surface area contributed by atoms with Crippen LogP contribution in [0.1, 0.15) is 10.4 Å². The molecule has 0 spiro atoms. The minimum atomic E-state index is 0.161. The van der Waals surface area contributed by atoms with Crippen molar-refractivity contribution in [3.8, 4) is 11.5 Å². The highest BCUT2D eigenvalue weighted by molar-refractivity contribution is 5.79. The minimum absolute atomic E-state index is 0.161. The van der Waals surface area contributed by atoms with Crippen molar-refractivity contribution in [2.24, 2.45) is 0 Å². The lowest BCUT2D eigenvalue weighted by Crippen LogP contribution is -2.08. The van der Waals surface area contributed by atoms with E-state index < -0.39 is 0 Å². The van der Waals surface area contributed by atoms with E-state index in [1.54, 1.807) is 30.0 Å². The lowest BCUT2D eigenvalue weighted by molar-refractivity contribution is 0.111. The zero-order valence-corrected chi connectivity index (χ0v) is 11.4. The number of benzene rings is 2. The molecule has 0 fully saturated rings. The standard InChI is InChI=1S/C15H13N3O3/c1-20-12-7-6-11(9-19)15(8-12)21-10-18-14-5-3-2-4-13(14)16-17-18/h2-9H,10H2,1H3. The molecule has 0 amide bonds. The summed E-state index contributed by atoms with van der Waals surface area (Å²) < 4.78 is 12.4. The number of fused-ring (bicyclic) bond motifs is 1. The van der Waals surface area contributed by atoms with Gasteiger partial charge in [0.05, 0.1) is 18.2 Å². The van der Waals surface area contributed by atoms with Gasteiger partial charge in [0, 0.05) is 6.07 Å². The van der Waals surface area contributed by atoms with E-state index in [-0.39, 0.29) is 6.73 Å². The predicted molar refractivity (Wildman–Crippen MR) is 76.5 cm³/mol. The van der Waals surface area contributed by atoms with E-state index in [0.717, 1.165) is 17.3 Å². The number of para-hydroxylation sites is 1. The summed E-state index contributed by atoms with van der Waals surface area (Å²) in [6.45, 7) is 0.161. The van der Waals surface area contributed by atoms with Gasteiger partial charge in [-0.15, -0.1) is 5.10 Å². The molecule has 0 atom stereocenters. The highest BCUT2D eigenvalue weighted by atomic mass is 16.5. The van der Waals surface area contributed by atoms with E-state index in [4.69, 9.17) is 9.47 Å². The molecule has 1 aromatic heterocycles. The highest BCUT2D eigenvalue weighted by Crippen LogP contribution is 2.24. The van der Waals surface area contributed by atoms with Gasteiger partial charge in [0.1, 0.15) is 17.0 Å². The number of hydrogen-bond acceptors (Lipinski definition) is 5. The molecule has 0 aliphatic rings. The molecule has 106 valence electrons. The van der Waals surface area contributed by atoms with Crippen molar-refractivity contribution in [2.45, 2.75) is 6.73 Å². The molecule has 2 aromatic carbocycles. The molecule has 3 aromatic rings. The fraction of sp³-hybridized carbons (Fsp3) is 0.133. The molecule has 0 N–H and O–H groups in total. The van der Waals surface area contributed by atoms with Crippen molar-refractivity contribution in [1.82, 2.24) is 15.0 Å². The van der Waals surface area contributed by atoms with Crippen LogP contribution in [0.5, 0.6) is 11.5 Å². The summed E-state index contributed by atoms with van der Waals surface area (Å²) in [5.41, 5.74) is 2.12. The highest BCUT2D eigenvalue weighted by Gasteiger charge is 2.08. The Bertz CT molecular complexity index is 783. The average Bonchev–Trinajstić information content (AvgIpc) is 2.96. The largest absolute Gasteiger partial charge is 0.497 e. The van der Waals surface area contributed by atoms with Gasteiger partial charge in [-0.05, 0) is 24.3 Å². The Kier molecular flexibility index (Phi) is 3.51. The number of aldehydes is 1. The number of methoxy groups -OCH3 is 1. The number of ether oxygens (including phenoxy) is 2. The first kappa shape index (κ1) is 13.1. The number of aromatic nitrogens is 3. The average molecular weight is 283 g/mol. The van der Waals surface area contributed by atoms with Crippen LogP contribution in [0.2, 0.25) is 0 Å². The third-order valence-electron chi connectivity index (χ3n) is 3.11. The minimum Gasteiger partial charge on any atom is -0.497 e. The molecule has 3 rings (SSSR count). The van der Waals surface area contributed by atoms with E-state index in [0.29, 0.717) is 17.1 Å². The Morgan fingerprint density at radius 3 is 2.90 bits per heavy atom. The van der Waals surface area contributed by atoms with Crippen molar-refractivity contribution >= 4 is 17.3 Å². The lowest BCUT2D eigenvalue weighted by atomic mass is 10.2. The normalized spacial score (nSPS) is 10.5.